The van der Waals surface area contributed by atoms with Crippen LogP contribution < -0.4 is 9.57 Å². The van der Waals surface area contributed by atoms with Crippen molar-refractivity contribution >= 4 is 58.7 Å². The number of aromatic nitrogens is 1. The van der Waals surface area contributed by atoms with E-state index < -0.39 is 0 Å². The molecule has 7 heteroatoms. The average Bonchev–Trinajstić information content (AvgIpc) is 2.69. The molecule has 0 unspecified atom stereocenters. The Morgan fingerprint density at radius 3 is 2.33 bits per heavy atom. The molecule has 2 aromatic rings. The SMILES string of the molecule is COc1c(Br)cc(Br)c2c(CCN(C)C)c(Br)n(OC)c12. The van der Waals surface area contributed by atoms with Gasteiger partial charge in [-0.25, -0.2) is 0 Å². The van der Waals surface area contributed by atoms with Crippen LogP contribution in [0.3, 0.4) is 0 Å². The van der Waals surface area contributed by atoms with E-state index in [1.165, 1.54) is 5.56 Å². The first-order chi connectivity index (χ1) is 9.92. The Bertz CT molecular complexity index is 668. The lowest BCUT2D eigenvalue weighted by atomic mass is 10.1. The zero-order chi connectivity index (χ0) is 15.7. The molecule has 0 saturated heterocycles. The minimum absolute atomic E-state index is 0.756. The van der Waals surface area contributed by atoms with Crippen LogP contribution in [0.4, 0.5) is 0 Å². The Kier molecular flexibility index (Phi) is 5.62. The monoisotopic (exact) mass is 482 g/mol. The summed E-state index contributed by atoms with van der Waals surface area (Å²) < 4.78 is 10.1. The maximum absolute atomic E-state index is 5.55. The molecule has 0 spiro atoms. The molecule has 116 valence electrons. The van der Waals surface area contributed by atoms with E-state index in [2.05, 4.69) is 66.8 Å². The molecule has 0 atom stereocenters. The van der Waals surface area contributed by atoms with Crippen LogP contribution >= 0.6 is 47.8 Å². The van der Waals surface area contributed by atoms with Gasteiger partial charge in [-0.2, -0.15) is 4.73 Å². The Morgan fingerprint density at radius 2 is 1.81 bits per heavy atom. The van der Waals surface area contributed by atoms with Gasteiger partial charge in [-0.05, 0) is 64.0 Å². The van der Waals surface area contributed by atoms with Crippen molar-refractivity contribution in [3.8, 4) is 5.75 Å². The predicted octanol–water partition coefficient (Wildman–Crippen LogP) is 4.10. The number of nitrogens with zero attached hydrogens (tertiary/aromatic N) is 2. The number of fused-ring (bicyclic) bond motifs is 1. The van der Waals surface area contributed by atoms with Crippen molar-refractivity contribution in [2.45, 2.75) is 6.42 Å². The molecular weight excluding hydrogens is 468 g/mol. The zero-order valence-electron chi connectivity index (χ0n) is 12.3. The Hall–Kier alpha value is -0.240. The second-order valence-electron chi connectivity index (χ2n) is 4.90. The van der Waals surface area contributed by atoms with Crippen LogP contribution in [0.5, 0.6) is 5.75 Å². The lowest BCUT2D eigenvalue weighted by Gasteiger charge is -2.10. The molecule has 0 radical (unpaired) electrons. The van der Waals surface area contributed by atoms with Gasteiger partial charge in [0.1, 0.15) is 17.2 Å². The molecule has 1 aromatic carbocycles. The quantitative estimate of drug-likeness (QED) is 0.639. The number of hydrogen-bond donors (Lipinski definition) is 0. The van der Waals surface area contributed by atoms with Crippen molar-refractivity contribution < 1.29 is 9.57 Å². The Labute approximate surface area is 149 Å². The molecule has 0 fully saturated rings. The standard InChI is InChI=1S/C14H17Br3N2O2/c1-18(2)6-5-8-11-9(15)7-10(16)13(20-3)12(11)19(21-4)14(8)17/h7H,5-6H2,1-4H3. The first kappa shape index (κ1) is 17.1. The van der Waals surface area contributed by atoms with E-state index in [1.807, 2.05) is 6.07 Å². The van der Waals surface area contributed by atoms with Crippen LogP contribution in [0.15, 0.2) is 19.6 Å². The van der Waals surface area contributed by atoms with E-state index in [-0.39, 0.29) is 0 Å². The van der Waals surface area contributed by atoms with E-state index in [4.69, 9.17) is 9.57 Å². The summed E-state index contributed by atoms with van der Waals surface area (Å²) in [4.78, 5) is 7.69. The lowest BCUT2D eigenvalue weighted by Crippen LogP contribution is -2.15. The number of rotatable bonds is 5. The molecule has 0 aliphatic rings. The predicted molar refractivity (Wildman–Crippen MR) is 96.4 cm³/mol. The molecule has 0 aliphatic carbocycles. The summed E-state index contributed by atoms with van der Waals surface area (Å²) in [6.45, 7) is 0.951. The highest BCUT2D eigenvalue weighted by Gasteiger charge is 2.23. The highest BCUT2D eigenvalue weighted by molar-refractivity contribution is 9.11. The van der Waals surface area contributed by atoms with Crippen molar-refractivity contribution in [2.24, 2.45) is 0 Å². The second kappa shape index (κ2) is 6.89. The van der Waals surface area contributed by atoms with Crippen LogP contribution in [-0.4, -0.2) is 44.5 Å². The highest BCUT2D eigenvalue weighted by Crippen LogP contribution is 2.43. The van der Waals surface area contributed by atoms with E-state index in [0.29, 0.717) is 0 Å². The third-order valence-electron chi connectivity index (χ3n) is 3.29. The molecule has 21 heavy (non-hydrogen) atoms. The summed E-state index contributed by atoms with van der Waals surface area (Å²) >= 11 is 10.9. The maximum Gasteiger partial charge on any atom is 0.160 e. The summed E-state index contributed by atoms with van der Waals surface area (Å²) in [5.41, 5.74) is 2.10. The van der Waals surface area contributed by atoms with Crippen LogP contribution in [0.1, 0.15) is 5.56 Å². The van der Waals surface area contributed by atoms with Crippen molar-refractivity contribution in [3.05, 3.63) is 25.2 Å². The third kappa shape index (κ3) is 3.11. The van der Waals surface area contributed by atoms with E-state index in [9.17, 15) is 0 Å². The number of hydrogen-bond acceptors (Lipinski definition) is 3. The minimum atomic E-state index is 0.756. The van der Waals surface area contributed by atoms with Gasteiger partial charge in [-0.1, -0.05) is 15.9 Å². The lowest BCUT2D eigenvalue weighted by molar-refractivity contribution is 0.171. The number of methoxy groups -OCH3 is 1. The van der Waals surface area contributed by atoms with Gasteiger partial charge in [0.15, 0.2) is 5.75 Å². The smallest absolute Gasteiger partial charge is 0.160 e. The molecule has 0 bridgehead atoms. The normalized spacial score (nSPS) is 11.4. The maximum atomic E-state index is 5.55. The van der Waals surface area contributed by atoms with E-state index in [1.54, 1.807) is 19.0 Å². The Balaban J connectivity index is 2.78. The Morgan fingerprint density at radius 1 is 1.14 bits per heavy atom. The molecule has 0 saturated carbocycles. The first-order valence-corrected chi connectivity index (χ1v) is 8.74. The fourth-order valence-electron chi connectivity index (χ4n) is 2.32. The molecule has 2 rings (SSSR count). The van der Waals surface area contributed by atoms with Gasteiger partial charge in [0.2, 0.25) is 0 Å². The fraction of sp³-hybridized carbons (Fsp3) is 0.429. The average molecular weight is 485 g/mol. The van der Waals surface area contributed by atoms with Gasteiger partial charge in [-0.15, -0.1) is 0 Å². The molecule has 0 amide bonds. The largest absolute Gasteiger partial charge is 0.493 e. The van der Waals surface area contributed by atoms with Gasteiger partial charge in [-0.3, -0.25) is 0 Å². The van der Waals surface area contributed by atoms with Gasteiger partial charge in [0, 0.05) is 16.4 Å². The van der Waals surface area contributed by atoms with Crippen LogP contribution in [0, 0.1) is 0 Å². The van der Waals surface area contributed by atoms with Gasteiger partial charge in [0.05, 0.1) is 11.6 Å². The van der Waals surface area contributed by atoms with Gasteiger partial charge in [0.25, 0.3) is 0 Å². The van der Waals surface area contributed by atoms with Crippen molar-refractivity contribution in [2.75, 3.05) is 34.9 Å². The van der Waals surface area contributed by atoms with E-state index >= 15 is 0 Å². The summed E-state index contributed by atoms with van der Waals surface area (Å²) in [5.74, 6) is 0.756. The summed E-state index contributed by atoms with van der Waals surface area (Å²) in [7, 11) is 7.44. The summed E-state index contributed by atoms with van der Waals surface area (Å²) in [6, 6.07) is 2.01. The van der Waals surface area contributed by atoms with E-state index in [0.717, 1.165) is 43.2 Å². The highest BCUT2D eigenvalue weighted by atomic mass is 79.9. The molecule has 0 N–H and O–H groups in total. The number of benzene rings is 1. The molecule has 0 aliphatic heterocycles. The van der Waals surface area contributed by atoms with Crippen LogP contribution in [-0.2, 0) is 6.42 Å². The zero-order valence-corrected chi connectivity index (χ0v) is 17.1. The number of halogens is 3. The topological polar surface area (TPSA) is 26.6 Å². The van der Waals surface area contributed by atoms with Gasteiger partial charge < -0.3 is 14.5 Å². The summed E-state index contributed by atoms with van der Waals surface area (Å²) in [5, 5.41) is 1.10. The molecular formula is C14H17Br3N2O2. The number of ether oxygens (including phenoxy) is 1. The van der Waals surface area contributed by atoms with Gasteiger partial charge >= 0.3 is 0 Å². The van der Waals surface area contributed by atoms with Crippen molar-refractivity contribution in [3.63, 3.8) is 0 Å². The third-order valence-corrected chi connectivity index (χ3v) is 5.30. The first-order valence-electron chi connectivity index (χ1n) is 6.36. The fourth-order valence-corrected chi connectivity index (χ4v) is 4.58. The molecule has 4 nitrogen and oxygen atoms in total. The molecule has 1 heterocycles. The summed E-state index contributed by atoms with van der Waals surface area (Å²) in [6.07, 6.45) is 0.907. The van der Waals surface area contributed by atoms with Crippen molar-refractivity contribution in [1.29, 1.82) is 0 Å². The second-order valence-corrected chi connectivity index (χ2v) is 7.36. The minimum Gasteiger partial charge on any atom is -0.493 e. The van der Waals surface area contributed by atoms with Crippen LogP contribution in [0.2, 0.25) is 0 Å². The van der Waals surface area contributed by atoms with Crippen LogP contribution in [0.25, 0.3) is 10.9 Å². The number of likely N-dealkylation sites (N-methyl/N-ethyl adjacent to an activating group) is 1. The van der Waals surface area contributed by atoms with Crippen molar-refractivity contribution in [1.82, 2.24) is 9.63 Å². The molecule has 1 aromatic heterocycles.